The van der Waals surface area contributed by atoms with E-state index in [1.54, 1.807) is 6.92 Å². The summed E-state index contributed by atoms with van der Waals surface area (Å²) in [6, 6.07) is 7.83. The number of rotatable bonds is 4. The Labute approximate surface area is 128 Å². The number of esters is 1. The van der Waals surface area contributed by atoms with Gasteiger partial charge in [0.1, 0.15) is 5.60 Å². The Balaban J connectivity index is 3.19. The van der Waals surface area contributed by atoms with Gasteiger partial charge in [-0.25, -0.2) is 0 Å². The largest absolute Gasteiger partial charge is 0.469 e. The Kier molecular flexibility index (Phi) is 5.21. The normalized spacial score (nSPS) is 16.4. The summed E-state index contributed by atoms with van der Waals surface area (Å²) in [5, 5.41) is 10.9. The summed E-state index contributed by atoms with van der Waals surface area (Å²) >= 11 is 0. The Hall–Kier alpha value is -1.35. The highest BCUT2D eigenvalue weighted by atomic mass is 16.5. The van der Waals surface area contributed by atoms with Gasteiger partial charge in [-0.1, -0.05) is 58.9 Å². The van der Waals surface area contributed by atoms with E-state index in [1.165, 1.54) is 12.7 Å². The van der Waals surface area contributed by atoms with E-state index in [1.807, 2.05) is 38.1 Å². The summed E-state index contributed by atoms with van der Waals surface area (Å²) in [7, 11) is 1.36. The molecule has 1 aromatic carbocycles. The monoisotopic (exact) mass is 292 g/mol. The van der Waals surface area contributed by atoms with Crippen molar-refractivity contribution in [3.63, 3.8) is 0 Å². The van der Waals surface area contributed by atoms with Gasteiger partial charge in [0.15, 0.2) is 0 Å². The lowest BCUT2D eigenvalue weighted by Crippen LogP contribution is -2.41. The first-order chi connectivity index (χ1) is 9.51. The van der Waals surface area contributed by atoms with E-state index in [9.17, 15) is 9.90 Å². The summed E-state index contributed by atoms with van der Waals surface area (Å²) in [5.41, 5.74) is 0.739. The molecule has 0 aliphatic heterocycles. The fourth-order valence-electron chi connectivity index (χ4n) is 2.76. The zero-order valence-electron chi connectivity index (χ0n) is 14.2. The van der Waals surface area contributed by atoms with Gasteiger partial charge in [0.05, 0.1) is 13.0 Å². The molecule has 2 atom stereocenters. The lowest BCUT2D eigenvalue weighted by Gasteiger charge is -2.34. The number of benzene rings is 1. The second kappa shape index (κ2) is 6.18. The van der Waals surface area contributed by atoms with Gasteiger partial charge in [-0.15, -0.1) is 0 Å². The molecule has 0 aromatic heterocycles. The minimum atomic E-state index is -1.25. The van der Waals surface area contributed by atoms with Gasteiger partial charge in [0.25, 0.3) is 0 Å². The number of hydrogen-bond donors (Lipinski definition) is 1. The second-order valence-electron chi connectivity index (χ2n) is 7.22. The molecular weight excluding hydrogens is 264 g/mol. The minimum Gasteiger partial charge on any atom is -0.469 e. The van der Waals surface area contributed by atoms with Crippen LogP contribution in [0.3, 0.4) is 0 Å². The summed E-state index contributed by atoms with van der Waals surface area (Å²) in [6.45, 7) is 11.9. The fraction of sp³-hybridized carbons (Fsp3) is 0.611. The maximum atomic E-state index is 12.0. The van der Waals surface area contributed by atoms with Crippen molar-refractivity contribution in [2.75, 3.05) is 7.11 Å². The molecule has 1 rings (SSSR count). The minimum absolute atomic E-state index is 0.0188. The molecule has 0 radical (unpaired) electrons. The van der Waals surface area contributed by atoms with Crippen LogP contribution >= 0.6 is 0 Å². The summed E-state index contributed by atoms with van der Waals surface area (Å²) < 4.78 is 4.86. The average molecular weight is 292 g/mol. The quantitative estimate of drug-likeness (QED) is 0.862. The Morgan fingerprint density at radius 1 is 1.05 bits per heavy atom. The topological polar surface area (TPSA) is 46.5 Å². The lowest BCUT2D eigenvalue weighted by atomic mass is 9.75. The molecule has 3 heteroatoms. The van der Waals surface area contributed by atoms with E-state index in [4.69, 9.17) is 4.74 Å². The number of methoxy groups -OCH3 is 1. The highest BCUT2D eigenvalue weighted by molar-refractivity contribution is 5.74. The summed E-state index contributed by atoms with van der Waals surface area (Å²) in [4.78, 5) is 12.0. The molecule has 0 saturated carbocycles. The molecule has 2 unspecified atom stereocenters. The maximum absolute atomic E-state index is 12.0. The SMILES string of the molecule is COC(=O)C(C(C)C)C(C)(O)c1ccc(C(C)(C)C)cc1. The van der Waals surface area contributed by atoms with Crippen LogP contribution in [0.25, 0.3) is 0 Å². The van der Waals surface area contributed by atoms with Gasteiger partial charge in [-0.2, -0.15) is 0 Å². The van der Waals surface area contributed by atoms with Gasteiger partial charge >= 0.3 is 5.97 Å². The van der Waals surface area contributed by atoms with Gasteiger partial charge in [0.2, 0.25) is 0 Å². The lowest BCUT2D eigenvalue weighted by molar-refractivity contribution is -0.159. The third-order valence-corrected chi connectivity index (χ3v) is 4.06. The summed E-state index contributed by atoms with van der Waals surface area (Å²) in [6.07, 6.45) is 0. The van der Waals surface area contributed by atoms with Gasteiger partial charge in [-0.05, 0) is 29.4 Å². The van der Waals surface area contributed by atoms with Crippen molar-refractivity contribution in [2.24, 2.45) is 11.8 Å². The molecule has 0 bridgehead atoms. The molecule has 21 heavy (non-hydrogen) atoms. The van der Waals surface area contributed by atoms with Gasteiger partial charge < -0.3 is 9.84 Å². The molecule has 0 saturated heterocycles. The van der Waals surface area contributed by atoms with Crippen LogP contribution in [-0.2, 0) is 20.5 Å². The number of carbonyl (C=O) groups excluding carboxylic acids is 1. The Morgan fingerprint density at radius 2 is 1.48 bits per heavy atom. The van der Waals surface area contributed by atoms with Crippen molar-refractivity contribution < 1.29 is 14.6 Å². The molecule has 118 valence electrons. The fourth-order valence-corrected chi connectivity index (χ4v) is 2.76. The van der Waals surface area contributed by atoms with Crippen LogP contribution in [0.5, 0.6) is 0 Å². The molecule has 0 aliphatic carbocycles. The summed E-state index contributed by atoms with van der Waals surface area (Å²) in [5.74, 6) is -0.993. The van der Waals surface area contributed by atoms with Crippen LogP contribution < -0.4 is 0 Å². The van der Waals surface area contributed by atoms with E-state index in [0.717, 1.165) is 5.56 Å². The van der Waals surface area contributed by atoms with Crippen LogP contribution in [0.2, 0.25) is 0 Å². The smallest absolute Gasteiger partial charge is 0.312 e. The van der Waals surface area contributed by atoms with E-state index < -0.39 is 11.5 Å². The zero-order chi connectivity index (χ0) is 16.4. The standard InChI is InChI=1S/C18H28O3/c1-12(2)15(16(19)21-7)18(6,20)14-10-8-13(9-11-14)17(3,4)5/h8-12,15,20H,1-7H3. The molecule has 0 amide bonds. The predicted molar refractivity (Wildman–Crippen MR) is 85.1 cm³/mol. The molecular formula is C18H28O3. The zero-order valence-corrected chi connectivity index (χ0v) is 14.2. The van der Waals surface area contributed by atoms with Crippen LogP contribution in [0, 0.1) is 11.8 Å². The first-order valence-corrected chi connectivity index (χ1v) is 7.43. The third-order valence-electron chi connectivity index (χ3n) is 4.06. The highest BCUT2D eigenvalue weighted by Gasteiger charge is 2.41. The van der Waals surface area contributed by atoms with Crippen molar-refractivity contribution in [3.8, 4) is 0 Å². The second-order valence-corrected chi connectivity index (χ2v) is 7.22. The van der Waals surface area contributed by atoms with Crippen molar-refractivity contribution in [1.29, 1.82) is 0 Å². The van der Waals surface area contributed by atoms with Crippen LogP contribution in [-0.4, -0.2) is 18.2 Å². The number of aliphatic hydroxyl groups is 1. The van der Waals surface area contributed by atoms with E-state index in [2.05, 4.69) is 20.8 Å². The van der Waals surface area contributed by atoms with Crippen molar-refractivity contribution in [2.45, 2.75) is 52.6 Å². The van der Waals surface area contributed by atoms with Crippen molar-refractivity contribution >= 4 is 5.97 Å². The van der Waals surface area contributed by atoms with Crippen molar-refractivity contribution in [1.82, 2.24) is 0 Å². The number of carbonyl (C=O) groups is 1. The Bertz CT molecular complexity index is 478. The molecule has 0 aliphatic rings. The first-order valence-electron chi connectivity index (χ1n) is 7.43. The Morgan fingerprint density at radius 3 is 1.81 bits per heavy atom. The predicted octanol–water partition coefficient (Wildman–Crippen LogP) is 3.64. The van der Waals surface area contributed by atoms with Crippen LogP contribution in [0.15, 0.2) is 24.3 Å². The number of ether oxygens (including phenoxy) is 1. The van der Waals surface area contributed by atoms with E-state index in [0.29, 0.717) is 0 Å². The average Bonchev–Trinajstić information content (AvgIpc) is 2.37. The van der Waals surface area contributed by atoms with Crippen LogP contribution in [0.4, 0.5) is 0 Å². The maximum Gasteiger partial charge on any atom is 0.312 e. The van der Waals surface area contributed by atoms with Crippen LogP contribution in [0.1, 0.15) is 52.7 Å². The van der Waals surface area contributed by atoms with Crippen molar-refractivity contribution in [3.05, 3.63) is 35.4 Å². The molecule has 0 spiro atoms. The number of hydrogen-bond acceptors (Lipinski definition) is 3. The van der Waals surface area contributed by atoms with Gasteiger partial charge in [0, 0.05) is 0 Å². The highest BCUT2D eigenvalue weighted by Crippen LogP contribution is 2.36. The molecule has 3 nitrogen and oxygen atoms in total. The third kappa shape index (κ3) is 3.85. The molecule has 0 heterocycles. The van der Waals surface area contributed by atoms with E-state index >= 15 is 0 Å². The van der Waals surface area contributed by atoms with E-state index in [-0.39, 0.29) is 17.3 Å². The molecule has 1 aromatic rings. The molecule has 1 N–H and O–H groups in total. The molecule has 0 fully saturated rings. The van der Waals surface area contributed by atoms with Gasteiger partial charge in [-0.3, -0.25) is 4.79 Å². The first kappa shape index (κ1) is 17.7.